The molecule has 0 atom stereocenters. The van der Waals surface area contributed by atoms with Gasteiger partial charge in [0.05, 0.1) is 5.60 Å². The van der Waals surface area contributed by atoms with Crippen LogP contribution in [0, 0.1) is 0 Å². The molecule has 0 aromatic rings. The summed E-state index contributed by atoms with van der Waals surface area (Å²) < 4.78 is 5.81. The van der Waals surface area contributed by atoms with Crippen LogP contribution in [-0.4, -0.2) is 25.6 Å². The summed E-state index contributed by atoms with van der Waals surface area (Å²) in [6.07, 6.45) is 3.45. The van der Waals surface area contributed by atoms with E-state index in [1.54, 1.807) is 0 Å². The van der Waals surface area contributed by atoms with Gasteiger partial charge >= 0.3 is 0 Å². The largest absolute Gasteiger partial charge is 0.376 e. The Morgan fingerprint density at radius 2 is 1.93 bits per heavy atom. The van der Waals surface area contributed by atoms with Crippen molar-refractivity contribution in [3.63, 3.8) is 0 Å². The van der Waals surface area contributed by atoms with Gasteiger partial charge in [0.1, 0.15) is 0 Å². The lowest BCUT2D eigenvalue weighted by Gasteiger charge is -2.25. The first-order valence-electron chi connectivity index (χ1n) is 5.85. The zero-order valence-corrected chi connectivity index (χ0v) is 10.5. The summed E-state index contributed by atoms with van der Waals surface area (Å²) in [5.41, 5.74) is 0.0249. The molecule has 0 bridgehead atoms. The summed E-state index contributed by atoms with van der Waals surface area (Å²) >= 11 is 0. The lowest BCUT2D eigenvalue weighted by atomic mass is 9.68. The number of hydrogen-bond acceptors (Lipinski definition) is 2. The van der Waals surface area contributed by atoms with Gasteiger partial charge in [0.2, 0.25) is 6.85 Å². The molecule has 0 aromatic heterocycles. The highest BCUT2D eigenvalue weighted by atomic mass is 16.5. The van der Waals surface area contributed by atoms with Crippen molar-refractivity contribution < 1.29 is 4.74 Å². The molecule has 84 valence electrons. The van der Waals surface area contributed by atoms with Gasteiger partial charge in [-0.05, 0) is 33.2 Å². The fraction of sp³-hybridized carbons (Fsp3) is 1.00. The van der Waals surface area contributed by atoms with Gasteiger partial charge in [-0.3, -0.25) is 0 Å². The molecule has 3 heteroatoms. The smallest absolute Gasteiger partial charge is 0.213 e. The molecule has 0 saturated carbocycles. The number of hydrogen-bond donors (Lipinski definition) is 1. The molecule has 0 aromatic carbocycles. The zero-order valence-electron chi connectivity index (χ0n) is 10.5. The molecule has 0 fully saturated rings. The Labute approximate surface area is 89.9 Å². The number of unbranched alkanes of at least 4 members (excludes halogenated alkanes) is 1. The lowest BCUT2D eigenvalue weighted by molar-refractivity contribution is -0.0233. The number of ether oxygens (including phenoxy) is 1. The van der Waals surface area contributed by atoms with Crippen LogP contribution in [0.25, 0.3) is 0 Å². The summed E-state index contributed by atoms with van der Waals surface area (Å²) in [6.45, 7) is 13.4. The highest BCUT2D eigenvalue weighted by Crippen LogP contribution is 2.14. The van der Waals surface area contributed by atoms with Gasteiger partial charge in [0, 0.05) is 6.61 Å². The molecule has 0 spiro atoms. The third-order valence-electron chi connectivity index (χ3n) is 2.27. The Bertz CT molecular complexity index is 137. The average Bonchev–Trinajstić information content (AvgIpc) is 2.03. The van der Waals surface area contributed by atoms with Crippen molar-refractivity contribution in [1.29, 1.82) is 0 Å². The summed E-state index contributed by atoms with van der Waals surface area (Å²) in [5, 5.41) is 3.41. The van der Waals surface area contributed by atoms with Crippen LogP contribution >= 0.6 is 0 Å². The molecule has 0 aliphatic carbocycles. The van der Waals surface area contributed by atoms with Gasteiger partial charge in [0.25, 0.3) is 0 Å². The molecule has 0 radical (unpaired) electrons. The molecule has 0 aliphatic rings. The van der Waals surface area contributed by atoms with Crippen LogP contribution in [0.4, 0.5) is 0 Å². The number of nitrogens with one attached hydrogen (secondary N) is 1. The van der Waals surface area contributed by atoms with Gasteiger partial charge < -0.3 is 9.96 Å². The Kier molecular flexibility index (Phi) is 7.29. The topological polar surface area (TPSA) is 21.3 Å². The minimum absolute atomic E-state index is 0.0249. The van der Waals surface area contributed by atoms with Gasteiger partial charge in [0.15, 0.2) is 0 Å². The second-order valence-corrected chi connectivity index (χ2v) is 4.82. The molecule has 0 rings (SSSR count). The molecule has 0 aliphatic heterocycles. The molecular formula is C11H26BNO. The van der Waals surface area contributed by atoms with E-state index in [9.17, 15) is 0 Å². The summed E-state index contributed by atoms with van der Waals surface area (Å²) in [4.78, 5) is 0. The van der Waals surface area contributed by atoms with Gasteiger partial charge in [-0.25, -0.2) is 0 Å². The first-order chi connectivity index (χ1) is 6.48. The van der Waals surface area contributed by atoms with Crippen LogP contribution in [0.15, 0.2) is 0 Å². The van der Waals surface area contributed by atoms with Crippen LogP contribution in [-0.2, 0) is 4.74 Å². The van der Waals surface area contributed by atoms with E-state index in [1.165, 1.54) is 12.8 Å². The van der Waals surface area contributed by atoms with Crippen LogP contribution in [0.2, 0.25) is 13.6 Å². The van der Waals surface area contributed by atoms with Crippen molar-refractivity contribution in [1.82, 2.24) is 5.23 Å². The Balaban J connectivity index is 3.50. The minimum atomic E-state index is 0.0249. The van der Waals surface area contributed by atoms with Crippen LogP contribution in [0.1, 0.15) is 40.0 Å². The quantitative estimate of drug-likeness (QED) is 0.479. The molecule has 0 heterocycles. The summed E-state index contributed by atoms with van der Waals surface area (Å²) in [5.74, 6) is 0. The van der Waals surface area contributed by atoms with E-state index in [1.807, 2.05) is 0 Å². The first kappa shape index (κ1) is 14.0. The molecular weight excluding hydrogens is 173 g/mol. The van der Waals surface area contributed by atoms with E-state index >= 15 is 0 Å². The van der Waals surface area contributed by atoms with E-state index in [4.69, 9.17) is 4.74 Å². The monoisotopic (exact) mass is 199 g/mol. The van der Waals surface area contributed by atoms with Gasteiger partial charge in [-0.1, -0.05) is 27.0 Å². The second kappa shape index (κ2) is 7.30. The van der Waals surface area contributed by atoms with Crippen molar-refractivity contribution in [2.24, 2.45) is 0 Å². The summed E-state index contributed by atoms with van der Waals surface area (Å²) in [7, 11) is 0. The Hall–Kier alpha value is -0.0151. The van der Waals surface area contributed by atoms with E-state index in [-0.39, 0.29) is 5.60 Å². The van der Waals surface area contributed by atoms with Crippen LogP contribution in [0.3, 0.4) is 0 Å². The maximum absolute atomic E-state index is 5.81. The molecule has 0 amide bonds. The third-order valence-corrected chi connectivity index (χ3v) is 2.27. The molecule has 1 N–H and O–H groups in total. The lowest BCUT2D eigenvalue weighted by Crippen LogP contribution is -2.34. The van der Waals surface area contributed by atoms with Crippen molar-refractivity contribution in [3.8, 4) is 0 Å². The van der Waals surface area contributed by atoms with E-state index in [0.29, 0.717) is 6.85 Å². The summed E-state index contributed by atoms with van der Waals surface area (Å²) in [6, 6.07) is 0. The van der Waals surface area contributed by atoms with Gasteiger partial charge in [-0.2, -0.15) is 0 Å². The Morgan fingerprint density at radius 3 is 2.43 bits per heavy atom. The number of rotatable bonds is 8. The van der Waals surface area contributed by atoms with E-state index < -0.39 is 0 Å². The van der Waals surface area contributed by atoms with Crippen molar-refractivity contribution in [2.45, 2.75) is 59.3 Å². The van der Waals surface area contributed by atoms with Gasteiger partial charge in [-0.15, -0.1) is 0 Å². The zero-order chi connectivity index (χ0) is 11.0. The standard InChI is InChI=1S/C11H26BNO/c1-6-7-10-14-11(2,3)8-9-13-12(4)5/h13H,6-10H2,1-5H3. The maximum Gasteiger partial charge on any atom is 0.213 e. The predicted octanol–water partition coefficient (Wildman–Crippen LogP) is 2.81. The molecule has 0 unspecified atom stereocenters. The SMILES string of the molecule is CCCCOC(C)(C)CCNB(C)C. The minimum Gasteiger partial charge on any atom is -0.376 e. The van der Waals surface area contributed by atoms with E-state index in [0.717, 1.165) is 19.6 Å². The normalized spacial score (nSPS) is 11.8. The maximum atomic E-state index is 5.81. The molecule has 14 heavy (non-hydrogen) atoms. The van der Waals surface area contributed by atoms with E-state index in [2.05, 4.69) is 39.6 Å². The van der Waals surface area contributed by atoms with Crippen molar-refractivity contribution >= 4 is 6.85 Å². The fourth-order valence-corrected chi connectivity index (χ4v) is 1.23. The Morgan fingerprint density at radius 1 is 1.29 bits per heavy atom. The van der Waals surface area contributed by atoms with Crippen molar-refractivity contribution in [2.75, 3.05) is 13.2 Å². The van der Waals surface area contributed by atoms with Crippen molar-refractivity contribution in [3.05, 3.63) is 0 Å². The van der Waals surface area contributed by atoms with Crippen LogP contribution < -0.4 is 5.23 Å². The predicted molar refractivity (Wildman–Crippen MR) is 65.0 cm³/mol. The second-order valence-electron chi connectivity index (χ2n) is 4.82. The fourth-order valence-electron chi connectivity index (χ4n) is 1.23. The average molecular weight is 199 g/mol. The molecule has 0 saturated heterocycles. The highest BCUT2D eigenvalue weighted by molar-refractivity contribution is 6.52. The third kappa shape index (κ3) is 8.58. The molecule has 2 nitrogen and oxygen atoms in total. The van der Waals surface area contributed by atoms with Crippen LogP contribution in [0.5, 0.6) is 0 Å². The first-order valence-corrected chi connectivity index (χ1v) is 5.85. The highest BCUT2D eigenvalue weighted by Gasteiger charge is 2.17.